The van der Waals surface area contributed by atoms with E-state index in [1.807, 2.05) is 11.8 Å². The molecule has 0 aromatic carbocycles. The molecule has 0 radical (unpaired) electrons. The summed E-state index contributed by atoms with van der Waals surface area (Å²) >= 11 is 0. The number of nitrogens with zero attached hydrogens (tertiary/aromatic N) is 1. The highest BCUT2D eigenvalue weighted by molar-refractivity contribution is 5.88. The summed E-state index contributed by atoms with van der Waals surface area (Å²) < 4.78 is 5.27. The van der Waals surface area contributed by atoms with Crippen molar-refractivity contribution < 1.29 is 9.53 Å². The zero-order valence-corrected chi connectivity index (χ0v) is 7.41. The largest absolute Gasteiger partial charge is 0.376 e. The lowest BCUT2D eigenvalue weighted by Crippen LogP contribution is -2.62. The third-order valence-corrected chi connectivity index (χ3v) is 2.98. The number of nitrogens with two attached hydrogens (primary N) is 1. The number of carbonyl (C=O) groups excluding carboxylic acids is 1. The fourth-order valence-electron chi connectivity index (χ4n) is 1.75. The fourth-order valence-corrected chi connectivity index (χ4v) is 1.75. The number of carbonyl (C=O) groups is 1. The monoisotopic (exact) mass is 170 g/mol. The quantitative estimate of drug-likeness (QED) is 0.559. The van der Waals surface area contributed by atoms with Gasteiger partial charge in [-0.3, -0.25) is 4.79 Å². The Morgan fingerprint density at radius 1 is 1.75 bits per heavy atom. The number of amides is 1. The van der Waals surface area contributed by atoms with Crippen molar-refractivity contribution >= 4 is 5.91 Å². The lowest BCUT2D eigenvalue weighted by atomic mass is 10.1. The highest BCUT2D eigenvalue weighted by Crippen LogP contribution is 2.44. The SMILES string of the molecule is CO[C@@]1(C)C[C@H]1N1CC(N)C1=O. The average molecular weight is 170 g/mol. The lowest BCUT2D eigenvalue weighted by molar-refractivity contribution is -0.144. The van der Waals surface area contributed by atoms with Crippen LogP contribution >= 0.6 is 0 Å². The van der Waals surface area contributed by atoms with Gasteiger partial charge in [-0.15, -0.1) is 0 Å². The molecule has 1 saturated carbocycles. The maximum absolute atomic E-state index is 11.2. The molecule has 1 amide bonds. The summed E-state index contributed by atoms with van der Waals surface area (Å²) in [6, 6.07) is 0.0153. The van der Waals surface area contributed by atoms with Gasteiger partial charge in [-0.05, 0) is 6.92 Å². The minimum absolute atomic E-state index is 0.0702. The number of rotatable bonds is 2. The number of hydrogen-bond donors (Lipinski definition) is 1. The highest BCUT2D eigenvalue weighted by Gasteiger charge is 2.58. The van der Waals surface area contributed by atoms with Crippen LogP contribution in [0.15, 0.2) is 0 Å². The molecule has 1 heterocycles. The van der Waals surface area contributed by atoms with Crippen LogP contribution in [0.5, 0.6) is 0 Å². The summed E-state index contributed by atoms with van der Waals surface area (Å²) in [4.78, 5) is 13.0. The van der Waals surface area contributed by atoms with E-state index in [4.69, 9.17) is 10.5 Å². The summed E-state index contributed by atoms with van der Waals surface area (Å²) in [5.41, 5.74) is 5.37. The summed E-state index contributed by atoms with van der Waals surface area (Å²) in [5.74, 6) is 0.0702. The molecular weight excluding hydrogens is 156 g/mol. The number of β-lactam (4-membered cyclic amide) rings is 1. The zero-order chi connectivity index (χ0) is 8.93. The molecule has 0 aromatic heterocycles. The van der Waals surface area contributed by atoms with Crippen molar-refractivity contribution in [1.82, 2.24) is 4.90 Å². The van der Waals surface area contributed by atoms with Crippen molar-refractivity contribution in [3.63, 3.8) is 0 Å². The molecule has 0 spiro atoms. The van der Waals surface area contributed by atoms with Gasteiger partial charge >= 0.3 is 0 Å². The van der Waals surface area contributed by atoms with Gasteiger partial charge in [0, 0.05) is 20.1 Å². The van der Waals surface area contributed by atoms with Gasteiger partial charge in [-0.1, -0.05) is 0 Å². The van der Waals surface area contributed by atoms with Crippen molar-refractivity contribution in [1.29, 1.82) is 0 Å². The molecular formula is C8H14N2O2. The number of hydrogen-bond acceptors (Lipinski definition) is 3. The first-order valence-corrected chi connectivity index (χ1v) is 4.20. The van der Waals surface area contributed by atoms with Crippen molar-refractivity contribution in [2.24, 2.45) is 5.73 Å². The van der Waals surface area contributed by atoms with Gasteiger partial charge in [0.1, 0.15) is 6.04 Å². The van der Waals surface area contributed by atoms with Crippen LogP contribution in [0, 0.1) is 0 Å². The Kier molecular flexibility index (Phi) is 1.47. The molecule has 12 heavy (non-hydrogen) atoms. The molecule has 1 aliphatic carbocycles. The van der Waals surface area contributed by atoms with E-state index in [9.17, 15) is 4.79 Å². The Hall–Kier alpha value is -0.610. The molecule has 2 rings (SSSR count). The number of likely N-dealkylation sites (tertiary alicyclic amines) is 1. The van der Waals surface area contributed by atoms with Crippen molar-refractivity contribution in [3.05, 3.63) is 0 Å². The average Bonchev–Trinajstić information content (AvgIpc) is 2.73. The second kappa shape index (κ2) is 2.20. The minimum Gasteiger partial charge on any atom is -0.376 e. The lowest BCUT2D eigenvalue weighted by Gasteiger charge is -2.37. The van der Waals surface area contributed by atoms with E-state index in [-0.39, 0.29) is 23.6 Å². The van der Waals surface area contributed by atoms with Gasteiger partial charge in [-0.25, -0.2) is 0 Å². The van der Waals surface area contributed by atoms with Gasteiger partial charge < -0.3 is 15.4 Å². The van der Waals surface area contributed by atoms with Crippen molar-refractivity contribution in [2.45, 2.75) is 31.0 Å². The smallest absolute Gasteiger partial charge is 0.241 e. The maximum atomic E-state index is 11.2. The third kappa shape index (κ3) is 0.881. The summed E-state index contributed by atoms with van der Waals surface area (Å²) in [6.45, 7) is 2.72. The van der Waals surface area contributed by atoms with Gasteiger partial charge in [0.05, 0.1) is 11.6 Å². The van der Waals surface area contributed by atoms with Crippen LogP contribution < -0.4 is 5.73 Å². The summed E-state index contributed by atoms with van der Waals surface area (Å²) in [6.07, 6.45) is 0.946. The zero-order valence-electron chi connectivity index (χ0n) is 7.41. The molecule has 1 saturated heterocycles. The van der Waals surface area contributed by atoms with Crippen LogP contribution in [0.1, 0.15) is 13.3 Å². The first-order valence-electron chi connectivity index (χ1n) is 4.20. The molecule has 1 unspecified atom stereocenters. The Balaban J connectivity index is 1.94. The maximum Gasteiger partial charge on any atom is 0.241 e. The van der Waals surface area contributed by atoms with E-state index in [1.165, 1.54) is 0 Å². The van der Waals surface area contributed by atoms with Gasteiger partial charge in [0.2, 0.25) is 5.91 Å². The highest BCUT2D eigenvalue weighted by atomic mass is 16.5. The second-order valence-corrected chi connectivity index (χ2v) is 3.83. The molecule has 0 bridgehead atoms. The summed E-state index contributed by atoms with van der Waals surface area (Å²) in [7, 11) is 1.68. The van der Waals surface area contributed by atoms with Crippen LogP contribution in [0.3, 0.4) is 0 Å². The van der Waals surface area contributed by atoms with E-state index in [2.05, 4.69) is 0 Å². The minimum atomic E-state index is -0.258. The third-order valence-electron chi connectivity index (χ3n) is 2.98. The van der Waals surface area contributed by atoms with Gasteiger partial charge in [0.25, 0.3) is 0 Å². The normalized spacial score (nSPS) is 45.9. The predicted molar refractivity (Wildman–Crippen MR) is 43.5 cm³/mol. The Morgan fingerprint density at radius 2 is 2.42 bits per heavy atom. The van der Waals surface area contributed by atoms with Crippen LogP contribution in [0.25, 0.3) is 0 Å². The van der Waals surface area contributed by atoms with Crippen LogP contribution in [-0.4, -0.2) is 42.1 Å². The van der Waals surface area contributed by atoms with Crippen molar-refractivity contribution in [2.75, 3.05) is 13.7 Å². The van der Waals surface area contributed by atoms with E-state index in [0.717, 1.165) is 6.42 Å². The van der Waals surface area contributed by atoms with Crippen LogP contribution in [0.4, 0.5) is 0 Å². The van der Waals surface area contributed by atoms with Gasteiger partial charge in [-0.2, -0.15) is 0 Å². The number of methoxy groups -OCH3 is 1. The molecule has 2 N–H and O–H groups in total. The topological polar surface area (TPSA) is 55.6 Å². The molecule has 2 fully saturated rings. The Labute approximate surface area is 71.7 Å². The molecule has 68 valence electrons. The predicted octanol–water partition coefficient (Wildman–Crippen LogP) is -0.667. The van der Waals surface area contributed by atoms with Crippen molar-refractivity contribution in [3.8, 4) is 0 Å². The summed E-state index contributed by atoms with van der Waals surface area (Å²) in [5, 5.41) is 0. The second-order valence-electron chi connectivity index (χ2n) is 3.83. The molecule has 4 heteroatoms. The van der Waals surface area contributed by atoms with Crippen LogP contribution in [0.2, 0.25) is 0 Å². The van der Waals surface area contributed by atoms with Crippen LogP contribution in [-0.2, 0) is 9.53 Å². The standard InChI is InChI=1S/C8H14N2O2/c1-8(12-2)3-6(8)10-4-5(9)7(10)11/h5-6H,3-4,9H2,1-2H3/t5?,6-,8+/m1/s1. The molecule has 2 aliphatic rings. The Morgan fingerprint density at radius 3 is 2.75 bits per heavy atom. The van der Waals surface area contributed by atoms with Gasteiger partial charge in [0.15, 0.2) is 0 Å². The fraction of sp³-hybridized carbons (Fsp3) is 0.875. The number of ether oxygens (including phenoxy) is 1. The Bertz CT molecular complexity index is 231. The molecule has 0 aromatic rings. The van der Waals surface area contributed by atoms with E-state index in [1.54, 1.807) is 7.11 Å². The van der Waals surface area contributed by atoms with E-state index in [0.29, 0.717) is 6.54 Å². The molecule has 3 atom stereocenters. The van der Waals surface area contributed by atoms with E-state index >= 15 is 0 Å². The van der Waals surface area contributed by atoms with E-state index < -0.39 is 0 Å². The first kappa shape index (κ1) is 8.01. The first-order chi connectivity index (χ1) is 5.58. The molecule has 4 nitrogen and oxygen atoms in total. The molecule has 1 aliphatic heterocycles.